The van der Waals surface area contributed by atoms with Gasteiger partial charge >= 0.3 is 0 Å². The Morgan fingerprint density at radius 3 is 3.04 bits per heavy atom. The van der Waals surface area contributed by atoms with Gasteiger partial charge in [-0.15, -0.1) is 0 Å². The number of hydrogen-bond donors (Lipinski definition) is 1. The number of carbonyl (C=O) groups excluding carboxylic acids is 1. The van der Waals surface area contributed by atoms with E-state index in [-0.39, 0.29) is 24.0 Å². The van der Waals surface area contributed by atoms with Gasteiger partial charge in [0.05, 0.1) is 6.54 Å². The van der Waals surface area contributed by atoms with Crippen molar-refractivity contribution in [1.82, 2.24) is 25.2 Å². The molecule has 25 heavy (non-hydrogen) atoms. The predicted molar refractivity (Wildman–Crippen MR) is 78.9 cm³/mol. The molecule has 0 radical (unpaired) electrons. The molecule has 10 heteroatoms. The van der Waals surface area contributed by atoms with Crippen LogP contribution in [0.15, 0.2) is 10.6 Å². The molecule has 0 aromatic carbocycles. The molecule has 1 aliphatic carbocycles. The second-order valence-corrected chi connectivity index (χ2v) is 6.47. The van der Waals surface area contributed by atoms with Gasteiger partial charge in [0.15, 0.2) is 5.82 Å². The highest BCUT2D eigenvalue weighted by Crippen LogP contribution is 2.42. The Kier molecular flexibility index (Phi) is 3.78. The molecule has 134 valence electrons. The van der Waals surface area contributed by atoms with Gasteiger partial charge in [-0.3, -0.25) is 9.89 Å². The molecular formula is C15H17F2N5O3. The summed E-state index contributed by atoms with van der Waals surface area (Å²) in [6.45, 7) is -0.602. The topological polar surface area (TPSA) is 97.1 Å². The number of nitrogens with one attached hydrogen (secondary N) is 1. The SMILES string of the molecule is COCc1noc([C@@H]2CC(F)(F)CN2C(=O)c2cc(C3CC3)[nH]n2)n1. The number of alkyl halides is 2. The molecule has 1 saturated heterocycles. The van der Waals surface area contributed by atoms with Crippen LogP contribution in [0.4, 0.5) is 8.78 Å². The summed E-state index contributed by atoms with van der Waals surface area (Å²) in [5.41, 5.74) is 0.993. The van der Waals surface area contributed by atoms with Crippen LogP contribution in [-0.4, -0.2) is 50.7 Å². The molecule has 1 saturated carbocycles. The van der Waals surface area contributed by atoms with E-state index in [0.29, 0.717) is 5.92 Å². The van der Waals surface area contributed by atoms with Crippen LogP contribution < -0.4 is 0 Å². The third kappa shape index (κ3) is 3.13. The molecule has 1 N–H and O–H groups in total. The summed E-state index contributed by atoms with van der Waals surface area (Å²) in [7, 11) is 1.46. The number of nitrogens with zero attached hydrogens (tertiary/aromatic N) is 4. The standard InChI is InChI=1S/C15H17F2N5O3/c1-24-6-12-18-13(25-21-12)11-5-15(16,17)7-22(11)14(23)10-4-9(19-20-10)8-2-3-8/h4,8,11H,2-3,5-7H2,1H3,(H,19,20)/t11-/m0/s1. The minimum atomic E-state index is -3.02. The third-order valence-electron chi connectivity index (χ3n) is 4.41. The Bertz CT molecular complexity index is 786. The fourth-order valence-electron chi connectivity index (χ4n) is 3.04. The monoisotopic (exact) mass is 353 g/mol. The Morgan fingerprint density at radius 2 is 2.32 bits per heavy atom. The highest BCUT2D eigenvalue weighted by Gasteiger charge is 2.50. The van der Waals surface area contributed by atoms with Crippen LogP contribution in [-0.2, 0) is 11.3 Å². The summed E-state index contributed by atoms with van der Waals surface area (Å²) in [5, 5.41) is 10.5. The van der Waals surface area contributed by atoms with Gasteiger partial charge in [-0.2, -0.15) is 10.1 Å². The zero-order valence-corrected chi connectivity index (χ0v) is 13.5. The van der Waals surface area contributed by atoms with Gasteiger partial charge in [0.25, 0.3) is 11.8 Å². The summed E-state index contributed by atoms with van der Waals surface area (Å²) in [5.74, 6) is -2.98. The molecule has 0 spiro atoms. The quantitative estimate of drug-likeness (QED) is 0.883. The summed E-state index contributed by atoms with van der Waals surface area (Å²) >= 11 is 0. The Morgan fingerprint density at radius 1 is 1.52 bits per heavy atom. The number of carbonyl (C=O) groups is 1. The van der Waals surface area contributed by atoms with E-state index in [9.17, 15) is 13.6 Å². The fraction of sp³-hybridized carbons (Fsp3) is 0.600. The number of rotatable bonds is 5. The van der Waals surface area contributed by atoms with Crippen molar-refractivity contribution in [1.29, 1.82) is 0 Å². The van der Waals surface area contributed by atoms with Gasteiger partial charge in [-0.1, -0.05) is 5.16 Å². The van der Waals surface area contributed by atoms with E-state index in [0.717, 1.165) is 23.4 Å². The molecule has 3 heterocycles. The number of amides is 1. The number of ether oxygens (including phenoxy) is 1. The van der Waals surface area contributed by atoms with E-state index in [2.05, 4.69) is 20.3 Å². The first kappa shape index (κ1) is 16.1. The molecule has 1 amide bonds. The molecule has 0 bridgehead atoms. The van der Waals surface area contributed by atoms with Crippen molar-refractivity contribution in [3.63, 3.8) is 0 Å². The number of aromatic amines is 1. The van der Waals surface area contributed by atoms with Gasteiger partial charge in [-0.05, 0) is 18.9 Å². The van der Waals surface area contributed by atoms with Crippen molar-refractivity contribution in [2.75, 3.05) is 13.7 Å². The lowest BCUT2D eigenvalue weighted by molar-refractivity contribution is 0.0116. The Labute approximate surface area is 141 Å². The lowest BCUT2D eigenvalue weighted by Crippen LogP contribution is -2.33. The predicted octanol–water partition coefficient (Wildman–Crippen LogP) is 2.04. The van der Waals surface area contributed by atoms with Gasteiger partial charge in [-0.25, -0.2) is 8.78 Å². The molecular weight excluding hydrogens is 336 g/mol. The van der Waals surface area contributed by atoms with Crippen LogP contribution in [0.25, 0.3) is 0 Å². The minimum absolute atomic E-state index is 0.0180. The third-order valence-corrected chi connectivity index (χ3v) is 4.41. The summed E-state index contributed by atoms with van der Waals surface area (Å²) in [6, 6.07) is 0.652. The van der Waals surface area contributed by atoms with Crippen molar-refractivity contribution in [3.05, 3.63) is 29.2 Å². The number of halogens is 2. The van der Waals surface area contributed by atoms with E-state index in [1.807, 2.05) is 0 Å². The van der Waals surface area contributed by atoms with Gasteiger partial charge in [0.2, 0.25) is 5.89 Å². The number of aromatic nitrogens is 4. The van der Waals surface area contributed by atoms with Crippen LogP contribution in [0.1, 0.15) is 59.1 Å². The van der Waals surface area contributed by atoms with Gasteiger partial charge < -0.3 is 14.2 Å². The minimum Gasteiger partial charge on any atom is -0.377 e. The van der Waals surface area contributed by atoms with E-state index in [1.54, 1.807) is 6.07 Å². The molecule has 1 atom stereocenters. The number of hydrogen-bond acceptors (Lipinski definition) is 6. The maximum Gasteiger partial charge on any atom is 0.275 e. The van der Waals surface area contributed by atoms with Crippen LogP contribution in [0.5, 0.6) is 0 Å². The summed E-state index contributed by atoms with van der Waals surface area (Å²) in [4.78, 5) is 17.8. The largest absolute Gasteiger partial charge is 0.377 e. The lowest BCUT2D eigenvalue weighted by atomic mass is 10.2. The van der Waals surface area contributed by atoms with Crippen molar-refractivity contribution in [2.45, 2.75) is 43.8 Å². The van der Waals surface area contributed by atoms with Crippen LogP contribution >= 0.6 is 0 Å². The molecule has 2 aliphatic rings. The second-order valence-electron chi connectivity index (χ2n) is 6.47. The zero-order chi connectivity index (χ0) is 17.6. The maximum absolute atomic E-state index is 14.0. The zero-order valence-electron chi connectivity index (χ0n) is 13.5. The van der Waals surface area contributed by atoms with Crippen molar-refractivity contribution >= 4 is 5.91 Å². The Balaban J connectivity index is 1.58. The summed E-state index contributed by atoms with van der Waals surface area (Å²) < 4.78 is 37.9. The number of H-pyrrole nitrogens is 1. The van der Waals surface area contributed by atoms with Crippen LogP contribution in [0.2, 0.25) is 0 Å². The molecule has 0 unspecified atom stereocenters. The molecule has 8 nitrogen and oxygen atoms in total. The highest BCUT2D eigenvalue weighted by molar-refractivity contribution is 5.93. The molecule has 2 aromatic heterocycles. The fourth-order valence-corrected chi connectivity index (χ4v) is 3.04. The number of methoxy groups -OCH3 is 1. The first-order valence-corrected chi connectivity index (χ1v) is 8.02. The van der Waals surface area contributed by atoms with Crippen LogP contribution in [0.3, 0.4) is 0 Å². The number of likely N-dealkylation sites (tertiary alicyclic amines) is 1. The van der Waals surface area contributed by atoms with E-state index in [1.165, 1.54) is 7.11 Å². The normalized spacial score (nSPS) is 22.5. The molecule has 2 fully saturated rings. The maximum atomic E-state index is 14.0. The van der Waals surface area contributed by atoms with Crippen molar-refractivity contribution in [3.8, 4) is 0 Å². The van der Waals surface area contributed by atoms with Crippen LogP contribution in [0, 0.1) is 0 Å². The molecule has 1 aliphatic heterocycles. The van der Waals surface area contributed by atoms with Gasteiger partial charge in [0.1, 0.15) is 18.3 Å². The Hall–Kier alpha value is -2.36. The molecule has 4 rings (SSSR count). The second kappa shape index (κ2) is 5.87. The van der Waals surface area contributed by atoms with Gasteiger partial charge in [0, 0.05) is 25.1 Å². The average Bonchev–Trinajstić information content (AvgIpc) is 2.99. The van der Waals surface area contributed by atoms with E-state index >= 15 is 0 Å². The van der Waals surface area contributed by atoms with Crippen molar-refractivity contribution < 1.29 is 22.8 Å². The first-order chi connectivity index (χ1) is 12.0. The smallest absolute Gasteiger partial charge is 0.275 e. The van der Waals surface area contributed by atoms with E-state index < -0.39 is 30.8 Å². The first-order valence-electron chi connectivity index (χ1n) is 8.02. The summed E-state index contributed by atoms with van der Waals surface area (Å²) in [6.07, 6.45) is 1.53. The molecule has 2 aromatic rings. The average molecular weight is 353 g/mol. The van der Waals surface area contributed by atoms with E-state index in [4.69, 9.17) is 9.26 Å². The highest BCUT2D eigenvalue weighted by atomic mass is 19.3. The lowest BCUT2D eigenvalue weighted by Gasteiger charge is -2.19. The van der Waals surface area contributed by atoms with Crippen molar-refractivity contribution in [2.24, 2.45) is 0 Å².